The van der Waals surface area contributed by atoms with Crippen LogP contribution < -0.4 is 15.8 Å². The Balaban J connectivity index is 1.85. The van der Waals surface area contributed by atoms with E-state index >= 15 is 0 Å². The molecule has 0 saturated carbocycles. The minimum absolute atomic E-state index is 0.350. The first-order chi connectivity index (χ1) is 9.31. The Bertz CT molecular complexity index is 516. The molecule has 1 aromatic carbocycles. The van der Waals surface area contributed by atoms with Gasteiger partial charge >= 0.3 is 0 Å². The highest BCUT2D eigenvalue weighted by molar-refractivity contribution is 5.61. The highest BCUT2D eigenvalue weighted by Gasteiger charge is 2.08. The second-order valence-electron chi connectivity index (χ2n) is 4.16. The Labute approximate surface area is 112 Å². The molecule has 2 aromatic rings. The van der Waals surface area contributed by atoms with Crippen molar-refractivity contribution in [1.29, 1.82) is 0 Å². The number of hydrogen-bond donors (Lipinski definition) is 2. The molecule has 0 bridgehead atoms. The smallest absolute Gasteiger partial charge is 0.203 e. The molecule has 19 heavy (non-hydrogen) atoms. The second kappa shape index (κ2) is 6.58. The summed E-state index contributed by atoms with van der Waals surface area (Å²) in [4.78, 5) is 8.02. The van der Waals surface area contributed by atoms with E-state index in [0.717, 1.165) is 19.4 Å². The lowest BCUT2D eigenvalue weighted by Gasteiger charge is -2.10. The molecule has 0 unspecified atom stereocenters. The van der Waals surface area contributed by atoms with E-state index in [2.05, 4.69) is 39.6 Å². The van der Waals surface area contributed by atoms with Crippen LogP contribution in [0.4, 0.5) is 11.6 Å². The molecule has 0 atom stereocenters. The Morgan fingerprint density at radius 3 is 2.74 bits per heavy atom. The molecule has 0 radical (unpaired) electrons. The van der Waals surface area contributed by atoms with Gasteiger partial charge in [0, 0.05) is 6.54 Å². The van der Waals surface area contributed by atoms with Crippen LogP contribution in [0.15, 0.2) is 36.7 Å². The Morgan fingerprint density at radius 2 is 2.00 bits per heavy atom. The number of aromatic nitrogens is 2. The van der Waals surface area contributed by atoms with Crippen molar-refractivity contribution >= 4 is 11.6 Å². The van der Waals surface area contributed by atoms with Crippen molar-refractivity contribution in [3.8, 4) is 5.75 Å². The van der Waals surface area contributed by atoms with Crippen molar-refractivity contribution in [2.75, 3.05) is 24.7 Å². The normalized spacial score (nSPS) is 10.2. The van der Waals surface area contributed by atoms with Gasteiger partial charge in [0.25, 0.3) is 0 Å². The van der Waals surface area contributed by atoms with Crippen LogP contribution in [0.5, 0.6) is 5.75 Å². The summed E-state index contributed by atoms with van der Waals surface area (Å²) in [5.41, 5.74) is 7.04. The van der Waals surface area contributed by atoms with Gasteiger partial charge in [-0.1, -0.05) is 30.3 Å². The van der Waals surface area contributed by atoms with Gasteiger partial charge in [0.05, 0.1) is 7.11 Å². The Morgan fingerprint density at radius 1 is 1.21 bits per heavy atom. The van der Waals surface area contributed by atoms with Crippen molar-refractivity contribution in [2.45, 2.75) is 12.8 Å². The predicted octanol–water partition coefficient (Wildman–Crippen LogP) is 2.11. The van der Waals surface area contributed by atoms with E-state index in [1.54, 1.807) is 7.11 Å². The van der Waals surface area contributed by atoms with Crippen LogP contribution in [-0.4, -0.2) is 23.6 Å². The quantitative estimate of drug-likeness (QED) is 0.776. The summed E-state index contributed by atoms with van der Waals surface area (Å²) < 4.78 is 5.18. The molecule has 3 N–H and O–H groups in total. The highest BCUT2D eigenvalue weighted by atomic mass is 16.5. The maximum absolute atomic E-state index is 5.71. The SMILES string of the molecule is COc1c(N)ncnc1NCCCc1ccccc1. The zero-order valence-corrected chi connectivity index (χ0v) is 11.0. The van der Waals surface area contributed by atoms with Crippen molar-refractivity contribution in [2.24, 2.45) is 0 Å². The predicted molar refractivity (Wildman–Crippen MR) is 76.2 cm³/mol. The molecule has 5 nitrogen and oxygen atoms in total. The van der Waals surface area contributed by atoms with Gasteiger partial charge in [-0.15, -0.1) is 0 Å². The van der Waals surface area contributed by atoms with E-state index < -0.39 is 0 Å². The molecule has 5 heteroatoms. The molecule has 1 aromatic heterocycles. The molecule has 0 aliphatic rings. The van der Waals surface area contributed by atoms with Gasteiger partial charge in [-0.2, -0.15) is 0 Å². The van der Waals surface area contributed by atoms with Gasteiger partial charge in [-0.25, -0.2) is 9.97 Å². The Hall–Kier alpha value is -2.30. The van der Waals surface area contributed by atoms with E-state index in [0.29, 0.717) is 17.4 Å². The number of nitrogens with two attached hydrogens (primary N) is 1. The van der Waals surface area contributed by atoms with Crippen LogP contribution in [0.25, 0.3) is 0 Å². The number of hydrogen-bond acceptors (Lipinski definition) is 5. The molecule has 0 fully saturated rings. The largest absolute Gasteiger partial charge is 0.490 e. The number of nitrogens with one attached hydrogen (secondary N) is 1. The van der Waals surface area contributed by atoms with Gasteiger partial charge in [0.2, 0.25) is 5.75 Å². The molecular weight excluding hydrogens is 240 g/mol. The topological polar surface area (TPSA) is 73.1 Å². The van der Waals surface area contributed by atoms with Gasteiger partial charge in [0.15, 0.2) is 11.6 Å². The first kappa shape index (κ1) is 13.1. The maximum Gasteiger partial charge on any atom is 0.203 e. The molecule has 0 aliphatic heterocycles. The second-order valence-corrected chi connectivity index (χ2v) is 4.16. The van der Waals surface area contributed by atoms with Crippen molar-refractivity contribution < 1.29 is 4.74 Å². The molecule has 2 rings (SSSR count). The minimum atomic E-state index is 0.350. The summed E-state index contributed by atoms with van der Waals surface area (Å²) in [6.07, 6.45) is 3.46. The average Bonchev–Trinajstić information content (AvgIpc) is 2.45. The highest BCUT2D eigenvalue weighted by Crippen LogP contribution is 2.25. The summed E-state index contributed by atoms with van der Waals surface area (Å²) >= 11 is 0. The summed E-state index contributed by atoms with van der Waals surface area (Å²) in [5.74, 6) is 1.49. The zero-order chi connectivity index (χ0) is 13.5. The third-order valence-electron chi connectivity index (χ3n) is 2.81. The monoisotopic (exact) mass is 258 g/mol. The van der Waals surface area contributed by atoms with E-state index in [9.17, 15) is 0 Å². The lowest BCUT2D eigenvalue weighted by atomic mass is 10.1. The van der Waals surface area contributed by atoms with Crippen LogP contribution in [0, 0.1) is 0 Å². The maximum atomic E-state index is 5.71. The minimum Gasteiger partial charge on any atom is -0.490 e. The number of aryl methyl sites for hydroxylation is 1. The number of nitrogens with zero attached hydrogens (tertiary/aromatic N) is 2. The van der Waals surface area contributed by atoms with Gasteiger partial charge in [-0.3, -0.25) is 0 Å². The van der Waals surface area contributed by atoms with E-state index in [1.165, 1.54) is 11.9 Å². The van der Waals surface area contributed by atoms with Crippen molar-refractivity contribution in [3.63, 3.8) is 0 Å². The number of rotatable bonds is 6. The summed E-state index contributed by atoms with van der Waals surface area (Å²) in [6.45, 7) is 0.807. The lowest BCUT2D eigenvalue weighted by molar-refractivity contribution is 0.415. The fraction of sp³-hybridized carbons (Fsp3) is 0.286. The van der Waals surface area contributed by atoms with E-state index in [-0.39, 0.29) is 0 Å². The van der Waals surface area contributed by atoms with Gasteiger partial charge in [-0.05, 0) is 18.4 Å². The number of nitrogen functional groups attached to an aromatic ring is 1. The van der Waals surface area contributed by atoms with Crippen molar-refractivity contribution in [3.05, 3.63) is 42.2 Å². The molecule has 0 saturated heterocycles. The first-order valence-electron chi connectivity index (χ1n) is 6.23. The molecule has 100 valence electrons. The van der Waals surface area contributed by atoms with Crippen LogP contribution >= 0.6 is 0 Å². The number of anilines is 2. The lowest BCUT2D eigenvalue weighted by Crippen LogP contribution is -2.08. The number of methoxy groups -OCH3 is 1. The molecular formula is C14H18N4O. The first-order valence-corrected chi connectivity index (χ1v) is 6.23. The average molecular weight is 258 g/mol. The van der Waals surface area contributed by atoms with Crippen LogP contribution in [-0.2, 0) is 6.42 Å². The van der Waals surface area contributed by atoms with Crippen LogP contribution in [0.2, 0.25) is 0 Å². The molecule has 1 heterocycles. The standard InChI is InChI=1S/C14H18N4O/c1-19-12-13(15)17-10-18-14(12)16-9-5-8-11-6-3-2-4-7-11/h2-4,6-7,10H,5,8-9H2,1H3,(H3,15,16,17,18). The van der Waals surface area contributed by atoms with Gasteiger partial charge in [0.1, 0.15) is 6.33 Å². The van der Waals surface area contributed by atoms with E-state index in [4.69, 9.17) is 10.5 Å². The molecule has 0 spiro atoms. The van der Waals surface area contributed by atoms with Crippen LogP contribution in [0.3, 0.4) is 0 Å². The summed E-state index contributed by atoms with van der Waals surface area (Å²) in [6, 6.07) is 10.4. The zero-order valence-electron chi connectivity index (χ0n) is 11.0. The van der Waals surface area contributed by atoms with E-state index in [1.807, 2.05) is 6.07 Å². The molecule has 0 amide bonds. The summed E-state index contributed by atoms with van der Waals surface area (Å²) in [5, 5.41) is 3.22. The number of benzene rings is 1. The molecule has 0 aliphatic carbocycles. The van der Waals surface area contributed by atoms with Crippen LogP contribution in [0.1, 0.15) is 12.0 Å². The third kappa shape index (κ3) is 3.58. The fourth-order valence-corrected chi connectivity index (χ4v) is 1.86. The fourth-order valence-electron chi connectivity index (χ4n) is 1.86. The van der Waals surface area contributed by atoms with Gasteiger partial charge < -0.3 is 15.8 Å². The number of ether oxygens (including phenoxy) is 1. The third-order valence-corrected chi connectivity index (χ3v) is 2.81. The Kier molecular flexibility index (Phi) is 4.55. The summed E-state index contributed by atoms with van der Waals surface area (Å²) in [7, 11) is 1.56. The van der Waals surface area contributed by atoms with Crippen molar-refractivity contribution in [1.82, 2.24) is 9.97 Å².